The van der Waals surface area contributed by atoms with Crippen molar-refractivity contribution < 1.29 is 19.5 Å². The Labute approximate surface area is 176 Å². The highest BCUT2D eigenvalue weighted by Crippen LogP contribution is 2.17. The molecule has 1 heterocycles. The largest absolute Gasteiger partial charge is 0.504 e. The van der Waals surface area contributed by atoms with E-state index in [0.29, 0.717) is 25.2 Å². The Morgan fingerprint density at radius 1 is 1.03 bits per heavy atom. The van der Waals surface area contributed by atoms with Gasteiger partial charge in [-0.3, -0.25) is 25.2 Å². The minimum atomic E-state index is -0.733. The molecule has 0 atom stereocenters. The summed E-state index contributed by atoms with van der Waals surface area (Å²) in [6.07, 6.45) is 3.87. The highest BCUT2D eigenvalue weighted by atomic mass is 16.3. The van der Waals surface area contributed by atoms with Crippen molar-refractivity contribution in [1.82, 2.24) is 25.5 Å². The van der Waals surface area contributed by atoms with Gasteiger partial charge >= 0.3 is 0 Å². The summed E-state index contributed by atoms with van der Waals surface area (Å²) in [5, 5.41) is 14.0. The molecular weight excluding hydrogens is 386 g/mol. The van der Waals surface area contributed by atoms with Crippen molar-refractivity contribution in [2.24, 2.45) is 0 Å². The average molecular weight is 415 g/mol. The van der Waals surface area contributed by atoms with E-state index in [9.17, 15) is 19.5 Å². The number of carbonyl (C=O) groups excluding carboxylic acids is 3. The summed E-state index contributed by atoms with van der Waals surface area (Å²) in [4.78, 5) is 38.2. The minimum Gasteiger partial charge on any atom is -0.504 e. The number of aromatic nitrogens is 2. The summed E-state index contributed by atoms with van der Waals surface area (Å²) < 4.78 is 1.37. The van der Waals surface area contributed by atoms with E-state index in [-0.39, 0.29) is 30.2 Å². The first-order chi connectivity index (χ1) is 14.5. The average Bonchev–Trinajstić information content (AvgIpc) is 3.14. The van der Waals surface area contributed by atoms with Crippen LogP contribution in [0.15, 0.2) is 36.5 Å². The number of aromatic hydroxyl groups is 1. The van der Waals surface area contributed by atoms with Crippen molar-refractivity contribution in [2.45, 2.75) is 46.0 Å². The molecule has 30 heavy (non-hydrogen) atoms. The van der Waals surface area contributed by atoms with E-state index in [1.54, 1.807) is 12.1 Å². The predicted octanol–water partition coefficient (Wildman–Crippen LogP) is 2.16. The van der Waals surface area contributed by atoms with Crippen molar-refractivity contribution >= 4 is 17.7 Å². The highest BCUT2D eigenvalue weighted by molar-refractivity contribution is 5.95. The maximum atomic E-state index is 12.2. The Bertz CT molecular complexity index is 844. The molecule has 0 saturated carbocycles. The molecule has 0 fully saturated rings. The standard InChI is InChI=1S/C21H29N5O4/c1-3-13-25(14-4-2)19(29)12-8-11-18(28)22-23-21(30)20-17(27)15-26(24-20)16-9-6-5-7-10-16/h5-7,9-10,15,27H,3-4,8,11-14H2,1-2H3,(H,22,28)(H,23,30). The fourth-order valence-electron chi connectivity index (χ4n) is 2.95. The van der Waals surface area contributed by atoms with Crippen LogP contribution in [0.4, 0.5) is 0 Å². The van der Waals surface area contributed by atoms with Gasteiger partial charge in [0.1, 0.15) is 0 Å². The molecule has 2 rings (SSSR count). The Hall–Kier alpha value is -3.36. The number of nitrogens with zero attached hydrogens (tertiary/aromatic N) is 3. The molecule has 0 aliphatic rings. The molecule has 3 N–H and O–H groups in total. The van der Waals surface area contributed by atoms with Gasteiger partial charge in [0, 0.05) is 25.9 Å². The molecule has 9 heteroatoms. The van der Waals surface area contributed by atoms with Crippen molar-refractivity contribution in [3.8, 4) is 11.4 Å². The first-order valence-electron chi connectivity index (χ1n) is 10.2. The van der Waals surface area contributed by atoms with Crippen LogP contribution >= 0.6 is 0 Å². The van der Waals surface area contributed by atoms with Crippen molar-refractivity contribution in [3.05, 3.63) is 42.2 Å². The van der Waals surface area contributed by atoms with Gasteiger partial charge in [-0.2, -0.15) is 5.10 Å². The molecule has 3 amide bonds. The third kappa shape index (κ3) is 6.61. The van der Waals surface area contributed by atoms with Gasteiger partial charge in [0.25, 0.3) is 5.91 Å². The van der Waals surface area contributed by atoms with Crippen LogP contribution in [0.25, 0.3) is 5.69 Å². The molecule has 2 aromatic rings. The smallest absolute Gasteiger partial charge is 0.294 e. The Morgan fingerprint density at radius 2 is 1.70 bits per heavy atom. The second kappa shape index (κ2) is 11.6. The zero-order valence-electron chi connectivity index (χ0n) is 17.4. The van der Waals surface area contributed by atoms with Crippen LogP contribution in [0.2, 0.25) is 0 Å². The maximum Gasteiger partial charge on any atom is 0.294 e. The summed E-state index contributed by atoms with van der Waals surface area (Å²) in [6, 6.07) is 9.01. The second-order valence-electron chi connectivity index (χ2n) is 6.88. The van der Waals surface area contributed by atoms with Gasteiger partial charge in [0.2, 0.25) is 11.8 Å². The molecular formula is C21H29N5O4. The molecule has 0 spiro atoms. The number of nitrogens with one attached hydrogen (secondary N) is 2. The van der Waals surface area contributed by atoms with E-state index in [4.69, 9.17) is 0 Å². The second-order valence-corrected chi connectivity index (χ2v) is 6.88. The first kappa shape index (κ1) is 22.9. The lowest BCUT2D eigenvalue weighted by Gasteiger charge is -2.21. The lowest BCUT2D eigenvalue weighted by Crippen LogP contribution is -2.42. The van der Waals surface area contributed by atoms with Gasteiger partial charge in [0.15, 0.2) is 11.4 Å². The predicted molar refractivity (Wildman–Crippen MR) is 112 cm³/mol. The summed E-state index contributed by atoms with van der Waals surface area (Å²) in [5.41, 5.74) is 5.00. The number of rotatable bonds is 10. The lowest BCUT2D eigenvalue weighted by atomic mass is 10.2. The molecule has 1 aromatic carbocycles. The number of amides is 3. The SMILES string of the molecule is CCCN(CCC)C(=O)CCCC(=O)NNC(=O)c1nn(-c2ccccc2)cc1O. The van der Waals surface area contributed by atoms with Crippen LogP contribution < -0.4 is 10.9 Å². The van der Waals surface area contributed by atoms with E-state index >= 15 is 0 Å². The number of carbonyl (C=O) groups is 3. The topological polar surface area (TPSA) is 117 Å². The molecule has 0 unspecified atom stereocenters. The van der Waals surface area contributed by atoms with E-state index < -0.39 is 11.8 Å². The van der Waals surface area contributed by atoms with E-state index in [1.165, 1.54) is 10.9 Å². The number of hydrogen-bond acceptors (Lipinski definition) is 5. The normalized spacial score (nSPS) is 10.5. The van der Waals surface area contributed by atoms with Crippen LogP contribution in [-0.2, 0) is 9.59 Å². The summed E-state index contributed by atoms with van der Waals surface area (Å²) in [7, 11) is 0. The Kier molecular flexibility index (Phi) is 8.86. The number of benzene rings is 1. The highest BCUT2D eigenvalue weighted by Gasteiger charge is 2.18. The summed E-state index contributed by atoms with van der Waals surface area (Å²) in [5.74, 6) is -1.42. The molecule has 0 aliphatic carbocycles. The Balaban J connectivity index is 1.79. The molecule has 9 nitrogen and oxygen atoms in total. The number of hydrazine groups is 1. The molecule has 0 aliphatic heterocycles. The zero-order chi connectivity index (χ0) is 21.9. The molecule has 0 radical (unpaired) electrons. The van der Waals surface area contributed by atoms with Gasteiger partial charge in [-0.15, -0.1) is 0 Å². The molecule has 0 bridgehead atoms. The van der Waals surface area contributed by atoms with E-state index in [0.717, 1.165) is 12.8 Å². The van der Waals surface area contributed by atoms with Gasteiger partial charge in [0.05, 0.1) is 11.9 Å². The van der Waals surface area contributed by atoms with Crippen LogP contribution in [0.1, 0.15) is 56.4 Å². The van der Waals surface area contributed by atoms with Gasteiger partial charge < -0.3 is 10.0 Å². The maximum absolute atomic E-state index is 12.2. The van der Waals surface area contributed by atoms with Crippen molar-refractivity contribution in [1.29, 1.82) is 0 Å². The number of hydrogen-bond donors (Lipinski definition) is 3. The first-order valence-corrected chi connectivity index (χ1v) is 10.2. The van der Waals surface area contributed by atoms with E-state index in [1.807, 2.05) is 36.9 Å². The minimum absolute atomic E-state index is 0.0342. The van der Waals surface area contributed by atoms with Crippen molar-refractivity contribution in [3.63, 3.8) is 0 Å². The lowest BCUT2D eigenvalue weighted by molar-refractivity contribution is -0.131. The third-order valence-corrected chi connectivity index (χ3v) is 4.38. The third-order valence-electron chi connectivity index (χ3n) is 4.38. The molecule has 1 aromatic heterocycles. The number of para-hydroxylation sites is 1. The van der Waals surface area contributed by atoms with Gasteiger partial charge in [-0.1, -0.05) is 32.0 Å². The monoisotopic (exact) mass is 415 g/mol. The van der Waals surface area contributed by atoms with Crippen LogP contribution in [0.3, 0.4) is 0 Å². The van der Waals surface area contributed by atoms with Crippen LogP contribution in [0.5, 0.6) is 5.75 Å². The van der Waals surface area contributed by atoms with Crippen LogP contribution in [-0.4, -0.2) is 50.6 Å². The summed E-state index contributed by atoms with van der Waals surface area (Å²) in [6.45, 7) is 5.47. The fraction of sp³-hybridized carbons (Fsp3) is 0.429. The fourth-order valence-corrected chi connectivity index (χ4v) is 2.95. The molecule has 0 saturated heterocycles. The van der Waals surface area contributed by atoms with Gasteiger partial charge in [-0.05, 0) is 31.4 Å². The van der Waals surface area contributed by atoms with Crippen LogP contribution in [0, 0.1) is 0 Å². The summed E-state index contributed by atoms with van der Waals surface area (Å²) >= 11 is 0. The van der Waals surface area contributed by atoms with E-state index in [2.05, 4.69) is 16.0 Å². The molecule has 162 valence electrons. The Morgan fingerprint density at radius 3 is 2.33 bits per heavy atom. The van der Waals surface area contributed by atoms with Gasteiger partial charge in [-0.25, -0.2) is 4.68 Å². The van der Waals surface area contributed by atoms with Crippen molar-refractivity contribution in [2.75, 3.05) is 13.1 Å². The zero-order valence-corrected chi connectivity index (χ0v) is 17.4. The quantitative estimate of drug-likeness (QED) is 0.514.